The van der Waals surface area contributed by atoms with Crippen LogP contribution in [0, 0.1) is 5.92 Å². The van der Waals surface area contributed by atoms with Crippen molar-refractivity contribution >= 4 is 31.8 Å². The molecule has 1 aromatic carbocycles. The average Bonchev–Trinajstić information content (AvgIpc) is 2.32. The molecule has 1 N–H and O–H groups in total. The standard InChI is InChI=1S/C12H17BrN2O2S/c1-10-3-2-8-15(9-10)18(16,17)14-12-6-4-11(13)5-7-12/h4-7,10,14H,2-3,8-9H2,1H3. The Bertz CT molecular complexity index is 501. The summed E-state index contributed by atoms with van der Waals surface area (Å²) in [5.74, 6) is 0.431. The van der Waals surface area contributed by atoms with Crippen LogP contribution in [-0.2, 0) is 10.2 Å². The molecule has 0 aromatic heterocycles. The molecule has 1 aromatic rings. The molecule has 1 unspecified atom stereocenters. The summed E-state index contributed by atoms with van der Waals surface area (Å²) in [4.78, 5) is 0. The van der Waals surface area contributed by atoms with Crippen LogP contribution in [0.2, 0.25) is 0 Å². The summed E-state index contributed by atoms with van der Waals surface area (Å²) in [5.41, 5.74) is 0.594. The predicted octanol–water partition coefficient (Wildman–Crippen LogP) is 2.84. The Kier molecular flexibility index (Phi) is 4.29. The van der Waals surface area contributed by atoms with Crippen LogP contribution in [0.5, 0.6) is 0 Å². The molecule has 1 fully saturated rings. The fraction of sp³-hybridized carbons (Fsp3) is 0.500. The molecule has 0 amide bonds. The molecule has 1 heterocycles. The zero-order valence-corrected chi connectivity index (χ0v) is 12.7. The van der Waals surface area contributed by atoms with Gasteiger partial charge >= 0.3 is 10.2 Å². The molecular formula is C12H17BrN2O2S. The number of hydrogen-bond acceptors (Lipinski definition) is 2. The van der Waals surface area contributed by atoms with Gasteiger partial charge in [-0.25, -0.2) is 0 Å². The van der Waals surface area contributed by atoms with Crippen LogP contribution in [-0.4, -0.2) is 25.8 Å². The van der Waals surface area contributed by atoms with Crippen molar-refractivity contribution in [2.45, 2.75) is 19.8 Å². The van der Waals surface area contributed by atoms with Crippen molar-refractivity contribution in [1.82, 2.24) is 4.31 Å². The molecule has 0 bridgehead atoms. The normalized spacial score (nSPS) is 21.8. The van der Waals surface area contributed by atoms with E-state index < -0.39 is 10.2 Å². The molecule has 0 saturated carbocycles. The highest BCUT2D eigenvalue weighted by molar-refractivity contribution is 9.10. The van der Waals surface area contributed by atoms with Crippen LogP contribution in [0.25, 0.3) is 0 Å². The first kappa shape index (κ1) is 13.8. The monoisotopic (exact) mass is 332 g/mol. The molecule has 1 aliphatic rings. The van der Waals surface area contributed by atoms with Gasteiger partial charge < -0.3 is 0 Å². The maximum absolute atomic E-state index is 12.2. The van der Waals surface area contributed by atoms with E-state index in [0.29, 0.717) is 24.7 Å². The molecule has 6 heteroatoms. The Labute approximate surface area is 117 Å². The van der Waals surface area contributed by atoms with Gasteiger partial charge in [-0.1, -0.05) is 22.9 Å². The summed E-state index contributed by atoms with van der Waals surface area (Å²) in [6, 6.07) is 7.12. The molecule has 18 heavy (non-hydrogen) atoms. The smallest absolute Gasteiger partial charge is 0.271 e. The largest absolute Gasteiger partial charge is 0.301 e. The van der Waals surface area contributed by atoms with Crippen LogP contribution in [0.15, 0.2) is 28.7 Å². The van der Waals surface area contributed by atoms with Gasteiger partial charge in [-0.2, -0.15) is 12.7 Å². The number of benzene rings is 1. The van der Waals surface area contributed by atoms with Crippen LogP contribution >= 0.6 is 15.9 Å². The lowest BCUT2D eigenvalue weighted by atomic mass is 10.0. The van der Waals surface area contributed by atoms with Gasteiger partial charge in [0.1, 0.15) is 0 Å². The van der Waals surface area contributed by atoms with E-state index in [0.717, 1.165) is 17.3 Å². The van der Waals surface area contributed by atoms with Crippen molar-refractivity contribution < 1.29 is 8.42 Å². The molecule has 1 atom stereocenters. The Morgan fingerprint density at radius 2 is 2.00 bits per heavy atom. The van der Waals surface area contributed by atoms with Gasteiger partial charge in [-0.05, 0) is 43.0 Å². The summed E-state index contributed by atoms with van der Waals surface area (Å²) in [6.07, 6.45) is 2.03. The Morgan fingerprint density at radius 3 is 2.61 bits per heavy atom. The second-order valence-electron chi connectivity index (χ2n) is 4.72. The van der Waals surface area contributed by atoms with E-state index in [-0.39, 0.29) is 0 Å². The third-order valence-electron chi connectivity index (χ3n) is 3.05. The lowest BCUT2D eigenvalue weighted by Crippen LogP contribution is -2.42. The summed E-state index contributed by atoms with van der Waals surface area (Å²) in [5, 5.41) is 0. The predicted molar refractivity (Wildman–Crippen MR) is 76.7 cm³/mol. The van der Waals surface area contributed by atoms with Crippen molar-refractivity contribution in [2.24, 2.45) is 5.92 Å². The van der Waals surface area contributed by atoms with Gasteiger partial charge in [0, 0.05) is 23.2 Å². The van der Waals surface area contributed by atoms with E-state index in [1.165, 1.54) is 4.31 Å². The fourth-order valence-corrected chi connectivity index (χ4v) is 3.74. The first-order valence-corrected chi connectivity index (χ1v) is 8.24. The zero-order valence-electron chi connectivity index (χ0n) is 10.3. The van der Waals surface area contributed by atoms with Gasteiger partial charge in [0.15, 0.2) is 0 Å². The second-order valence-corrected chi connectivity index (χ2v) is 7.31. The molecule has 1 saturated heterocycles. The number of piperidine rings is 1. The average molecular weight is 333 g/mol. The Morgan fingerprint density at radius 1 is 1.33 bits per heavy atom. The van der Waals surface area contributed by atoms with E-state index in [1.807, 2.05) is 12.1 Å². The van der Waals surface area contributed by atoms with Crippen molar-refractivity contribution in [3.63, 3.8) is 0 Å². The highest BCUT2D eigenvalue weighted by Gasteiger charge is 2.26. The van der Waals surface area contributed by atoms with Gasteiger partial charge in [-0.15, -0.1) is 0 Å². The lowest BCUT2D eigenvalue weighted by molar-refractivity contribution is 0.282. The Hall–Kier alpha value is -0.590. The molecule has 0 aliphatic carbocycles. The summed E-state index contributed by atoms with van der Waals surface area (Å²) >= 11 is 3.32. The minimum Gasteiger partial charge on any atom is -0.271 e. The van der Waals surface area contributed by atoms with Crippen molar-refractivity contribution in [2.75, 3.05) is 17.8 Å². The van der Waals surface area contributed by atoms with Gasteiger partial charge in [0.2, 0.25) is 0 Å². The topological polar surface area (TPSA) is 49.4 Å². The maximum Gasteiger partial charge on any atom is 0.301 e. The third kappa shape index (κ3) is 3.46. The first-order valence-electron chi connectivity index (χ1n) is 6.01. The minimum atomic E-state index is -3.41. The van der Waals surface area contributed by atoms with Gasteiger partial charge in [0.25, 0.3) is 0 Å². The molecular weight excluding hydrogens is 316 g/mol. The van der Waals surface area contributed by atoms with Gasteiger partial charge in [0.05, 0.1) is 0 Å². The number of halogens is 1. The van der Waals surface area contributed by atoms with E-state index in [9.17, 15) is 8.42 Å². The van der Waals surface area contributed by atoms with Crippen molar-refractivity contribution in [1.29, 1.82) is 0 Å². The quantitative estimate of drug-likeness (QED) is 0.925. The molecule has 1 aliphatic heterocycles. The van der Waals surface area contributed by atoms with Crippen LogP contribution in [0.1, 0.15) is 19.8 Å². The second kappa shape index (κ2) is 5.59. The number of nitrogens with zero attached hydrogens (tertiary/aromatic N) is 1. The molecule has 100 valence electrons. The Balaban J connectivity index is 2.09. The van der Waals surface area contributed by atoms with Crippen LogP contribution < -0.4 is 4.72 Å². The van der Waals surface area contributed by atoms with Gasteiger partial charge in [-0.3, -0.25) is 4.72 Å². The molecule has 0 radical (unpaired) electrons. The van der Waals surface area contributed by atoms with E-state index in [2.05, 4.69) is 27.6 Å². The molecule has 0 spiro atoms. The lowest BCUT2D eigenvalue weighted by Gasteiger charge is -2.30. The van der Waals surface area contributed by atoms with E-state index in [1.54, 1.807) is 12.1 Å². The van der Waals surface area contributed by atoms with Crippen molar-refractivity contribution in [3.8, 4) is 0 Å². The maximum atomic E-state index is 12.2. The summed E-state index contributed by atoms with van der Waals surface area (Å²) < 4.78 is 29.4. The van der Waals surface area contributed by atoms with Crippen LogP contribution in [0.3, 0.4) is 0 Å². The fourth-order valence-electron chi connectivity index (χ4n) is 2.10. The molecule has 2 rings (SSSR count). The highest BCUT2D eigenvalue weighted by atomic mass is 79.9. The van der Waals surface area contributed by atoms with E-state index in [4.69, 9.17) is 0 Å². The molecule has 4 nitrogen and oxygen atoms in total. The number of hydrogen-bond donors (Lipinski definition) is 1. The number of nitrogens with one attached hydrogen (secondary N) is 1. The van der Waals surface area contributed by atoms with Crippen molar-refractivity contribution in [3.05, 3.63) is 28.7 Å². The summed E-state index contributed by atoms with van der Waals surface area (Å²) in [6.45, 7) is 3.30. The number of anilines is 1. The SMILES string of the molecule is CC1CCCN(S(=O)(=O)Nc2ccc(Br)cc2)C1. The third-order valence-corrected chi connectivity index (χ3v) is 5.08. The summed E-state index contributed by atoms with van der Waals surface area (Å²) in [7, 11) is -3.41. The van der Waals surface area contributed by atoms with Crippen LogP contribution in [0.4, 0.5) is 5.69 Å². The zero-order chi connectivity index (χ0) is 13.2. The highest BCUT2D eigenvalue weighted by Crippen LogP contribution is 2.21. The minimum absolute atomic E-state index is 0.431. The first-order chi connectivity index (χ1) is 8.47. The van der Waals surface area contributed by atoms with E-state index >= 15 is 0 Å². The number of rotatable bonds is 3.